The van der Waals surface area contributed by atoms with Gasteiger partial charge in [-0.3, -0.25) is 4.68 Å². The number of aliphatic hydroxyl groups excluding tert-OH is 1. The average molecular weight is 248 g/mol. The normalized spacial score (nSPS) is 10.6. The van der Waals surface area contributed by atoms with Gasteiger partial charge in [-0.2, -0.15) is 10.1 Å². The molecule has 0 unspecified atom stereocenters. The van der Waals surface area contributed by atoms with E-state index in [4.69, 9.17) is 4.74 Å². The average Bonchev–Trinajstić information content (AvgIpc) is 2.77. The predicted octanol–water partition coefficient (Wildman–Crippen LogP) is 1.68. The third kappa shape index (κ3) is 2.84. The van der Waals surface area contributed by atoms with Crippen LogP contribution in [0.2, 0.25) is 0 Å². The molecule has 0 saturated carbocycles. The van der Waals surface area contributed by atoms with E-state index in [0.717, 1.165) is 13.0 Å². The van der Waals surface area contributed by atoms with Crippen LogP contribution in [0.15, 0.2) is 18.6 Å². The van der Waals surface area contributed by atoms with Crippen LogP contribution < -0.4 is 4.74 Å². The lowest BCUT2D eigenvalue weighted by molar-refractivity contribution is 0.274. The first-order valence-electron chi connectivity index (χ1n) is 5.86. The number of aliphatic hydroxyl groups is 1. The monoisotopic (exact) mass is 248 g/mol. The fourth-order valence-corrected chi connectivity index (χ4v) is 1.53. The van der Waals surface area contributed by atoms with Crippen LogP contribution in [0.4, 0.5) is 0 Å². The molecule has 0 bridgehead atoms. The van der Waals surface area contributed by atoms with E-state index in [-0.39, 0.29) is 6.61 Å². The summed E-state index contributed by atoms with van der Waals surface area (Å²) in [7, 11) is 0. The number of nitrogens with zero attached hydrogens (tertiary/aromatic N) is 4. The van der Waals surface area contributed by atoms with Crippen molar-refractivity contribution in [2.75, 3.05) is 0 Å². The van der Waals surface area contributed by atoms with E-state index >= 15 is 0 Å². The van der Waals surface area contributed by atoms with Gasteiger partial charge in [0, 0.05) is 12.7 Å². The van der Waals surface area contributed by atoms with Gasteiger partial charge in [0.1, 0.15) is 5.82 Å². The number of ether oxygens (including phenoxy) is 1. The molecule has 0 aliphatic rings. The summed E-state index contributed by atoms with van der Waals surface area (Å²) < 4.78 is 7.42. The van der Waals surface area contributed by atoms with Crippen molar-refractivity contribution in [3.8, 4) is 11.6 Å². The second kappa shape index (κ2) is 5.59. The number of rotatable bonds is 5. The lowest BCUT2D eigenvalue weighted by Gasteiger charge is -2.06. The minimum Gasteiger partial charge on any atom is -0.435 e. The van der Waals surface area contributed by atoms with E-state index in [0.29, 0.717) is 23.0 Å². The van der Waals surface area contributed by atoms with Crippen LogP contribution in [-0.2, 0) is 13.2 Å². The highest BCUT2D eigenvalue weighted by Gasteiger charge is 2.08. The second-order valence-corrected chi connectivity index (χ2v) is 3.95. The molecule has 0 radical (unpaired) electrons. The lowest BCUT2D eigenvalue weighted by atomic mass is 10.3. The van der Waals surface area contributed by atoms with Gasteiger partial charge in [0.15, 0.2) is 5.75 Å². The first-order valence-corrected chi connectivity index (χ1v) is 5.86. The van der Waals surface area contributed by atoms with Gasteiger partial charge in [0.2, 0.25) is 5.88 Å². The van der Waals surface area contributed by atoms with Crippen molar-refractivity contribution in [3.63, 3.8) is 0 Å². The maximum absolute atomic E-state index is 9.20. The van der Waals surface area contributed by atoms with Crippen molar-refractivity contribution in [1.82, 2.24) is 19.7 Å². The summed E-state index contributed by atoms with van der Waals surface area (Å²) >= 11 is 0. The maximum Gasteiger partial charge on any atom is 0.228 e. The molecule has 0 aromatic carbocycles. The molecule has 96 valence electrons. The van der Waals surface area contributed by atoms with Crippen LogP contribution >= 0.6 is 0 Å². The molecule has 2 aromatic rings. The van der Waals surface area contributed by atoms with Gasteiger partial charge in [0.05, 0.1) is 24.6 Å². The van der Waals surface area contributed by atoms with Crippen LogP contribution in [0.3, 0.4) is 0 Å². The van der Waals surface area contributed by atoms with E-state index in [1.165, 1.54) is 0 Å². The third-order valence-corrected chi connectivity index (χ3v) is 2.39. The Labute approximate surface area is 105 Å². The van der Waals surface area contributed by atoms with Crippen LogP contribution in [0.25, 0.3) is 0 Å². The zero-order valence-electron chi connectivity index (χ0n) is 10.5. The standard InChI is InChI=1S/C12H16N4O2/c1-3-4-16-7-11(6-14-16)18-12-10(8-17)5-13-9(2)15-12/h5-7,17H,3-4,8H2,1-2H3. The SMILES string of the molecule is CCCn1cc(Oc2nc(C)ncc2CO)cn1. The van der Waals surface area contributed by atoms with E-state index in [1.807, 2.05) is 10.9 Å². The lowest BCUT2D eigenvalue weighted by Crippen LogP contribution is -1.98. The van der Waals surface area contributed by atoms with E-state index in [2.05, 4.69) is 22.0 Å². The number of aryl methyl sites for hydroxylation is 2. The highest BCUT2D eigenvalue weighted by atomic mass is 16.5. The van der Waals surface area contributed by atoms with Gasteiger partial charge in [-0.25, -0.2) is 4.98 Å². The Hall–Kier alpha value is -1.95. The molecule has 0 aliphatic carbocycles. The Bertz CT molecular complexity index is 525. The molecular weight excluding hydrogens is 232 g/mol. The van der Waals surface area contributed by atoms with Crippen molar-refractivity contribution in [3.05, 3.63) is 30.0 Å². The molecule has 0 aliphatic heterocycles. The van der Waals surface area contributed by atoms with Gasteiger partial charge in [0.25, 0.3) is 0 Å². The Morgan fingerprint density at radius 2 is 2.22 bits per heavy atom. The molecule has 6 heteroatoms. The molecular formula is C12H16N4O2. The molecule has 0 spiro atoms. The number of hydrogen-bond donors (Lipinski definition) is 1. The van der Waals surface area contributed by atoms with E-state index in [9.17, 15) is 5.11 Å². The van der Waals surface area contributed by atoms with Crippen molar-refractivity contribution >= 4 is 0 Å². The van der Waals surface area contributed by atoms with Gasteiger partial charge in [-0.15, -0.1) is 0 Å². The highest BCUT2D eigenvalue weighted by molar-refractivity contribution is 5.28. The Kier molecular flexibility index (Phi) is 3.88. The minimum atomic E-state index is -0.154. The Morgan fingerprint density at radius 3 is 2.94 bits per heavy atom. The summed E-state index contributed by atoms with van der Waals surface area (Å²) in [6.45, 7) is 4.55. The van der Waals surface area contributed by atoms with Gasteiger partial charge >= 0.3 is 0 Å². The largest absolute Gasteiger partial charge is 0.435 e. The number of aromatic nitrogens is 4. The van der Waals surface area contributed by atoms with Crippen molar-refractivity contribution < 1.29 is 9.84 Å². The first-order chi connectivity index (χ1) is 8.72. The van der Waals surface area contributed by atoms with Crippen LogP contribution in [0, 0.1) is 6.92 Å². The van der Waals surface area contributed by atoms with Gasteiger partial charge in [-0.05, 0) is 13.3 Å². The summed E-state index contributed by atoms with van der Waals surface area (Å²) in [5, 5.41) is 13.4. The molecule has 18 heavy (non-hydrogen) atoms. The molecule has 0 amide bonds. The zero-order valence-corrected chi connectivity index (χ0v) is 10.5. The van der Waals surface area contributed by atoms with Gasteiger partial charge in [-0.1, -0.05) is 6.92 Å². The summed E-state index contributed by atoms with van der Waals surface area (Å²) in [6.07, 6.45) is 6.01. The highest BCUT2D eigenvalue weighted by Crippen LogP contribution is 2.22. The smallest absolute Gasteiger partial charge is 0.228 e. The molecule has 2 aromatic heterocycles. The summed E-state index contributed by atoms with van der Waals surface area (Å²) in [5.41, 5.74) is 0.559. The zero-order chi connectivity index (χ0) is 13.0. The number of hydrogen-bond acceptors (Lipinski definition) is 5. The minimum absolute atomic E-state index is 0.154. The molecule has 1 N–H and O–H groups in total. The van der Waals surface area contributed by atoms with E-state index < -0.39 is 0 Å². The maximum atomic E-state index is 9.20. The Balaban J connectivity index is 2.19. The molecule has 0 saturated heterocycles. The molecule has 2 heterocycles. The van der Waals surface area contributed by atoms with Crippen molar-refractivity contribution in [2.45, 2.75) is 33.4 Å². The van der Waals surface area contributed by atoms with Crippen LogP contribution in [0.1, 0.15) is 24.7 Å². The third-order valence-electron chi connectivity index (χ3n) is 2.39. The molecule has 0 fully saturated rings. The van der Waals surface area contributed by atoms with Crippen molar-refractivity contribution in [2.24, 2.45) is 0 Å². The Morgan fingerprint density at radius 1 is 1.39 bits per heavy atom. The topological polar surface area (TPSA) is 73.1 Å². The van der Waals surface area contributed by atoms with E-state index in [1.54, 1.807) is 19.3 Å². The van der Waals surface area contributed by atoms with Crippen LogP contribution in [0.5, 0.6) is 11.6 Å². The van der Waals surface area contributed by atoms with Crippen molar-refractivity contribution in [1.29, 1.82) is 0 Å². The fraction of sp³-hybridized carbons (Fsp3) is 0.417. The summed E-state index contributed by atoms with van der Waals surface area (Å²) in [5.74, 6) is 1.58. The summed E-state index contributed by atoms with van der Waals surface area (Å²) in [6, 6.07) is 0. The quantitative estimate of drug-likeness (QED) is 0.871. The molecule has 6 nitrogen and oxygen atoms in total. The second-order valence-electron chi connectivity index (χ2n) is 3.95. The predicted molar refractivity (Wildman–Crippen MR) is 65.3 cm³/mol. The molecule has 0 atom stereocenters. The van der Waals surface area contributed by atoms with Gasteiger partial charge < -0.3 is 9.84 Å². The fourth-order valence-electron chi connectivity index (χ4n) is 1.53. The first kappa shape index (κ1) is 12.5. The molecule has 2 rings (SSSR count). The van der Waals surface area contributed by atoms with Crippen LogP contribution in [-0.4, -0.2) is 24.9 Å². The summed E-state index contributed by atoms with van der Waals surface area (Å²) in [4.78, 5) is 8.18.